The van der Waals surface area contributed by atoms with Crippen LogP contribution in [0.1, 0.15) is 19.2 Å². The molecule has 1 aromatic rings. The Bertz CT molecular complexity index is 342. The normalized spacial score (nSPS) is 10.1. The molecular weight excluding hydrogens is 180 g/mol. The van der Waals surface area contributed by atoms with Crippen LogP contribution in [0.15, 0.2) is 24.5 Å². The van der Waals surface area contributed by atoms with Gasteiger partial charge in [0.25, 0.3) is 0 Å². The fraction of sp³-hybridized carbons (Fsp3) is 0.400. The number of carboxylic acid groups (broad SMARTS) is 1. The van der Waals surface area contributed by atoms with Gasteiger partial charge in [0.2, 0.25) is 0 Å². The number of aromatic nitrogens is 2. The summed E-state index contributed by atoms with van der Waals surface area (Å²) in [6, 6.07) is 0. The van der Waals surface area contributed by atoms with Crippen LogP contribution in [-0.2, 0) is 17.8 Å². The van der Waals surface area contributed by atoms with Gasteiger partial charge in [-0.15, -0.1) is 0 Å². The van der Waals surface area contributed by atoms with E-state index in [1.165, 1.54) is 0 Å². The third-order valence-corrected chi connectivity index (χ3v) is 1.94. The summed E-state index contributed by atoms with van der Waals surface area (Å²) in [6.07, 6.45) is 5.32. The van der Waals surface area contributed by atoms with E-state index in [-0.39, 0.29) is 5.57 Å². The maximum absolute atomic E-state index is 10.6. The minimum Gasteiger partial charge on any atom is -0.478 e. The van der Waals surface area contributed by atoms with Crippen molar-refractivity contribution in [3.8, 4) is 0 Å². The Morgan fingerprint density at radius 1 is 1.71 bits per heavy atom. The highest BCUT2D eigenvalue weighted by atomic mass is 16.4. The van der Waals surface area contributed by atoms with Crippen molar-refractivity contribution in [3.63, 3.8) is 0 Å². The van der Waals surface area contributed by atoms with Crippen LogP contribution >= 0.6 is 0 Å². The molecule has 1 N–H and O–H groups in total. The zero-order chi connectivity index (χ0) is 10.6. The SMILES string of the molecule is C=C(Cn1ccnc1CCC)C(=O)O. The van der Waals surface area contributed by atoms with E-state index in [1.807, 2.05) is 4.57 Å². The van der Waals surface area contributed by atoms with Crippen molar-refractivity contribution in [2.75, 3.05) is 0 Å². The first-order chi connectivity index (χ1) is 6.65. The monoisotopic (exact) mass is 194 g/mol. The highest BCUT2D eigenvalue weighted by Gasteiger charge is 2.07. The molecule has 1 aromatic heterocycles. The van der Waals surface area contributed by atoms with Gasteiger partial charge in [0.15, 0.2) is 0 Å². The Kier molecular flexibility index (Phi) is 3.45. The van der Waals surface area contributed by atoms with E-state index in [0.717, 1.165) is 18.7 Å². The topological polar surface area (TPSA) is 55.1 Å². The average molecular weight is 194 g/mol. The summed E-state index contributed by atoms with van der Waals surface area (Å²) in [5, 5.41) is 8.67. The predicted octanol–water partition coefficient (Wildman–Crippen LogP) is 1.48. The molecule has 0 amide bonds. The zero-order valence-corrected chi connectivity index (χ0v) is 8.23. The second-order valence-electron chi connectivity index (χ2n) is 3.13. The number of aryl methyl sites for hydroxylation is 1. The van der Waals surface area contributed by atoms with E-state index in [4.69, 9.17) is 5.11 Å². The second-order valence-corrected chi connectivity index (χ2v) is 3.13. The summed E-state index contributed by atoms with van der Waals surface area (Å²) in [7, 11) is 0. The first-order valence-corrected chi connectivity index (χ1v) is 4.56. The van der Waals surface area contributed by atoms with Crippen molar-refractivity contribution in [1.82, 2.24) is 9.55 Å². The highest BCUT2D eigenvalue weighted by molar-refractivity contribution is 5.85. The Morgan fingerprint density at radius 2 is 2.43 bits per heavy atom. The molecule has 0 saturated heterocycles. The molecule has 0 aliphatic rings. The van der Waals surface area contributed by atoms with E-state index in [9.17, 15) is 4.79 Å². The van der Waals surface area contributed by atoms with Crippen LogP contribution in [-0.4, -0.2) is 20.6 Å². The zero-order valence-electron chi connectivity index (χ0n) is 8.23. The maximum atomic E-state index is 10.6. The van der Waals surface area contributed by atoms with Gasteiger partial charge in [-0.2, -0.15) is 0 Å². The lowest BCUT2D eigenvalue weighted by Crippen LogP contribution is -2.10. The molecule has 0 aliphatic carbocycles. The first-order valence-electron chi connectivity index (χ1n) is 4.56. The minimum absolute atomic E-state index is 0.181. The largest absolute Gasteiger partial charge is 0.478 e. The van der Waals surface area contributed by atoms with Crippen LogP contribution in [0.4, 0.5) is 0 Å². The first kappa shape index (κ1) is 10.5. The maximum Gasteiger partial charge on any atom is 0.332 e. The molecule has 0 aliphatic heterocycles. The van der Waals surface area contributed by atoms with Gasteiger partial charge in [-0.25, -0.2) is 9.78 Å². The number of nitrogens with zero attached hydrogens (tertiary/aromatic N) is 2. The van der Waals surface area contributed by atoms with Gasteiger partial charge in [-0.3, -0.25) is 0 Å². The molecule has 0 radical (unpaired) electrons. The van der Waals surface area contributed by atoms with Gasteiger partial charge in [0.1, 0.15) is 5.82 Å². The Labute approximate surface area is 82.9 Å². The molecule has 0 fully saturated rings. The van der Waals surface area contributed by atoms with Gasteiger partial charge >= 0.3 is 5.97 Å². The van der Waals surface area contributed by atoms with Gasteiger partial charge in [0, 0.05) is 24.4 Å². The molecule has 76 valence electrons. The molecule has 0 bridgehead atoms. The van der Waals surface area contributed by atoms with Crippen LogP contribution in [0.3, 0.4) is 0 Å². The molecule has 4 heteroatoms. The Balaban J connectivity index is 2.71. The number of hydrogen-bond acceptors (Lipinski definition) is 2. The fourth-order valence-corrected chi connectivity index (χ4v) is 1.21. The standard InChI is InChI=1S/C10H14N2O2/c1-3-4-9-11-5-6-12(9)7-8(2)10(13)14/h5-6H,2-4,7H2,1H3,(H,13,14). The van der Waals surface area contributed by atoms with Gasteiger partial charge in [-0.05, 0) is 6.42 Å². The van der Waals surface area contributed by atoms with Crippen molar-refractivity contribution in [1.29, 1.82) is 0 Å². The molecule has 0 saturated carbocycles. The molecule has 1 heterocycles. The quantitative estimate of drug-likeness (QED) is 0.722. The second kappa shape index (κ2) is 4.60. The summed E-state index contributed by atoms with van der Waals surface area (Å²) in [4.78, 5) is 14.7. The third-order valence-electron chi connectivity index (χ3n) is 1.94. The Hall–Kier alpha value is -1.58. The summed E-state index contributed by atoms with van der Waals surface area (Å²) in [6.45, 7) is 5.85. The average Bonchev–Trinajstić information content (AvgIpc) is 2.53. The number of imidazole rings is 1. The van der Waals surface area contributed by atoms with E-state index < -0.39 is 5.97 Å². The predicted molar refractivity (Wildman–Crippen MR) is 53.0 cm³/mol. The third kappa shape index (κ3) is 2.45. The van der Waals surface area contributed by atoms with Gasteiger partial charge in [0.05, 0.1) is 6.54 Å². The summed E-state index contributed by atoms with van der Waals surface area (Å²) < 4.78 is 1.82. The van der Waals surface area contributed by atoms with Crippen molar-refractivity contribution >= 4 is 5.97 Å². The van der Waals surface area contributed by atoms with Crippen molar-refractivity contribution < 1.29 is 9.90 Å². The molecule has 0 atom stereocenters. The van der Waals surface area contributed by atoms with Gasteiger partial charge in [-0.1, -0.05) is 13.5 Å². The van der Waals surface area contributed by atoms with Crippen LogP contribution in [0, 0.1) is 0 Å². The van der Waals surface area contributed by atoms with Gasteiger partial charge < -0.3 is 9.67 Å². The van der Waals surface area contributed by atoms with E-state index in [1.54, 1.807) is 12.4 Å². The van der Waals surface area contributed by atoms with Crippen LogP contribution in [0.2, 0.25) is 0 Å². The fourth-order valence-electron chi connectivity index (χ4n) is 1.21. The number of rotatable bonds is 5. The Morgan fingerprint density at radius 3 is 3.00 bits per heavy atom. The molecule has 0 aromatic carbocycles. The summed E-state index contributed by atoms with van der Waals surface area (Å²) >= 11 is 0. The molecule has 4 nitrogen and oxygen atoms in total. The van der Waals surface area contributed by atoms with Crippen molar-refractivity contribution in [3.05, 3.63) is 30.4 Å². The number of hydrogen-bond donors (Lipinski definition) is 1. The minimum atomic E-state index is -0.957. The summed E-state index contributed by atoms with van der Waals surface area (Å²) in [5.41, 5.74) is 0.181. The van der Waals surface area contributed by atoms with E-state index in [2.05, 4.69) is 18.5 Å². The van der Waals surface area contributed by atoms with Crippen LogP contribution in [0.5, 0.6) is 0 Å². The number of carboxylic acids is 1. The molecule has 1 rings (SSSR count). The van der Waals surface area contributed by atoms with Crippen LogP contribution in [0.25, 0.3) is 0 Å². The van der Waals surface area contributed by atoms with E-state index >= 15 is 0 Å². The highest BCUT2D eigenvalue weighted by Crippen LogP contribution is 2.04. The van der Waals surface area contributed by atoms with Crippen molar-refractivity contribution in [2.24, 2.45) is 0 Å². The van der Waals surface area contributed by atoms with E-state index in [0.29, 0.717) is 6.54 Å². The molecule has 0 unspecified atom stereocenters. The lowest BCUT2D eigenvalue weighted by Gasteiger charge is -2.06. The molecular formula is C10H14N2O2. The lowest BCUT2D eigenvalue weighted by atomic mass is 10.3. The lowest BCUT2D eigenvalue weighted by molar-refractivity contribution is -0.132. The summed E-state index contributed by atoms with van der Waals surface area (Å²) in [5.74, 6) is -0.0453. The van der Waals surface area contributed by atoms with Crippen molar-refractivity contribution in [2.45, 2.75) is 26.3 Å². The number of aliphatic carboxylic acids is 1. The van der Waals surface area contributed by atoms with Crippen LogP contribution < -0.4 is 0 Å². The number of carbonyl (C=O) groups is 1. The smallest absolute Gasteiger partial charge is 0.332 e. The molecule has 0 spiro atoms. The molecule has 14 heavy (non-hydrogen) atoms.